The zero-order valence-electron chi connectivity index (χ0n) is 20.5. The molecular weight excluding hydrogens is 478 g/mol. The van der Waals surface area contributed by atoms with Crippen LogP contribution in [0.1, 0.15) is 42.4 Å². The van der Waals surface area contributed by atoms with Crippen LogP contribution in [0.4, 0.5) is 5.82 Å². The summed E-state index contributed by atoms with van der Waals surface area (Å²) in [6, 6.07) is 13.6. The molecule has 0 spiro atoms. The Bertz CT molecular complexity index is 1350. The van der Waals surface area contributed by atoms with Crippen LogP contribution < -0.4 is 16.8 Å². The number of hydrogen-bond donors (Lipinski definition) is 4. The number of sulfone groups is 1. The van der Waals surface area contributed by atoms with Crippen LogP contribution in [0.3, 0.4) is 0 Å². The van der Waals surface area contributed by atoms with Crippen molar-refractivity contribution >= 4 is 27.1 Å². The number of nitrogens with two attached hydrogens (primary N) is 2. The molecule has 1 atom stereocenters. The van der Waals surface area contributed by atoms with Gasteiger partial charge in [-0.05, 0) is 44.0 Å². The van der Waals surface area contributed by atoms with Crippen molar-refractivity contribution in [2.75, 3.05) is 12.3 Å². The van der Waals surface area contributed by atoms with E-state index in [-0.39, 0.29) is 22.1 Å². The van der Waals surface area contributed by atoms with Crippen LogP contribution in [0.5, 0.6) is 0 Å². The zero-order chi connectivity index (χ0) is 26.5. The molecule has 0 amide bonds. The third-order valence-corrected chi connectivity index (χ3v) is 7.65. The average Bonchev–Trinajstić information content (AvgIpc) is 2.84. The Balaban J connectivity index is 1.79. The van der Waals surface area contributed by atoms with Crippen molar-refractivity contribution in [3.05, 3.63) is 77.6 Å². The van der Waals surface area contributed by atoms with Crippen LogP contribution >= 0.6 is 0 Å². The predicted molar refractivity (Wildman–Crippen MR) is 141 cm³/mol. The lowest BCUT2D eigenvalue weighted by Gasteiger charge is -2.09. The summed E-state index contributed by atoms with van der Waals surface area (Å²) in [7, 11) is -3.40. The average molecular weight is 510 g/mol. The molecule has 1 aromatic heterocycles. The molecule has 9 nitrogen and oxygen atoms in total. The highest BCUT2D eigenvalue weighted by Crippen LogP contribution is 2.23. The van der Waals surface area contributed by atoms with Gasteiger partial charge in [0.05, 0.1) is 28.1 Å². The maximum atomic E-state index is 12.9. The van der Waals surface area contributed by atoms with E-state index in [2.05, 4.69) is 15.3 Å². The van der Waals surface area contributed by atoms with Crippen molar-refractivity contribution < 1.29 is 18.3 Å². The standard InChI is InChI=1S/C26H31N5O4S/c1-16(2)36(34,35)21-10-8-20(9-11-21)23-15-30-26(28)25(31-23)24(33)12-22(27)19-6-4-18(5-7-19)14-29-13-17(3)32/h4-12,15-17,29,32H,13-14,27H2,1-3H3,(H2,28,30). The molecular formula is C26H31N5O4S. The van der Waals surface area contributed by atoms with E-state index in [1.165, 1.54) is 24.4 Å². The summed E-state index contributed by atoms with van der Waals surface area (Å²) in [5.41, 5.74) is 14.9. The second-order valence-corrected chi connectivity index (χ2v) is 11.3. The fourth-order valence-corrected chi connectivity index (χ4v) is 4.40. The topological polar surface area (TPSA) is 161 Å². The van der Waals surface area contributed by atoms with E-state index in [9.17, 15) is 18.3 Å². The highest BCUT2D eigenvalue weighted by molar-refractivity contribution is 7.92. The molecule has 0 fully saturated rings. The maximum Gasteiger partial charge on any atom is 0.210 e. The van der Waals surface area contributed by atoms with Crippen LogP contribution in [0, 0.1) is 0 Å². The molecule has 0 aliphatic heterocycles. The number of aliphatic hydroxyl groups is 1. The predicted octanol–water partition coefficient (Wildman–Crippen LogP) is 2.56. The third kappa shape index (κ3) is 6.54. The summed E-state index contributed by atoms with van der Waals surface area (Å²) in [6.07, 6.45) is 2.25. The van der Waals surface area contributed by atoms with E-state index in [4.69, 9.17) is 11.5 Å². The maximum absolute atomic E-state index is 12.9. The number of anilines is 1. The minimum absolute atomic E-state index is 0.0358. The fraction of sp³-hybridized carbons (Fsp3) is 0.269. The van der Waals surface area contributed by atoms with Gasteiger partial charge in [-0.15, -0.1) is 0 Å². The lowest BCUT2D eigenvalue weighted by atomic mass is 10.1. The summed E-state index contributed by atoms with van der Waals surface area (Å²) in [6.45, 7) is 6.04. The van der Waals surface area contributed by atoms with Gasteiger partial charge in [-0.2, -0.15) is 0 Å². The molecule has 0 saturated heterocycles. The van der Waals surface area contributed by atoms with Crippen molar-refractivity contribution in [2.45, 2.75) is 43.6 Å². The zero-order valence-corrected chi connectivity index (χ0v) is 21.3. The first-order valence-electron chi connectivity index (χ1n) is 11.5. The van der Waals surface area contributed by atoms with E-state index < -0.39 is 27.0 Å². The molecule has 36 heavy (non-hydrogen) atoms. The minimum atomic E-state index is -3.40. The second kappa shape index (κ2) is 11.4. The summed E-state index contributed by atoms with van der Waals surface area (Å²) in [4.78, 5) is 21.6. The van der Waals surface area contributed by atoms with Crippen LogP contribution in [0.2, 0.25) is 0 Å². The molecule has 0 bridgehead atoms. The van der Waals surface area contributed by atoms with E-state index >= 15 is 0 Å². The molecule has 0 aliphatic rings. The molecule has 0 saturated carbocycles. The molecule has 190 valence electrons. The number of hydrogen-bond acceptors (Lipinski definition) is 9. The first-order chi connectivity index (χ1) is 17.0. The molecule has 10 heteroatoms. The van der Waals surface area contributed by atoms with Crippen molar-refractivity contribution in [1.29, 1.82) is 0 Å². The molecule has 3 aromatic rings. The number of nitrogens with zero attached hydrogens (tertiary/aromatic N) is 2. The van der Waals surface area contributed by atoms with Gasteiger partial charge < -0.3 is 21.9 Å². The summed E-state index contributed by atoms with van der Waals surface area (Å²) >= 11 is 0. The van der Waals surface area contributed by atoms with E-state index in [1.807, 2.05) is 12.1 Å². The minimum Gasteiger partial charge on any atom is -0.398 e. The molecule has 1 heterocycles. The summed E-state index contributed by atoms with van der Waals surface area (Å²) in [5, 5.41) is 11.9. The normalized spacial score (nSPS) is 13.1. The van der Waals surface area contributed by atoms with Crippen LogP contribution in [0.25, 0.3) is 17.0 Å². The molecule has 6 N–H and O–H groups in total. The number of carbonyl (C=O) groups is 1. The quantitative estimate of drug-likeness (QED) is 0.238. The van der Waals surface area contributed by atoms with Gasteiger partial charge in [0, 0.05) is 30.4 Å². The summed E-state index contributed by atoms with van der Waals surface area (Å²) in [5.74, 6) is -0.535. The lowest BCUT2D eigenvalue weighted by Crippen LogP contribution is -2.23. The van der Waals surface area contributed by atoms with Crippen molar-refractivity contribution in [1.82, 2.24) is 15.3 Å². The highest BCUT2D eigenvalue weighted by atomic mass is 32.2. The van der Waals surface area contributed by atoms with Crippen LogP contribution in [-0.4, -0.2) is 47.2 Å². The molecule has 2 aromatic carbocycles. The number of ketones is 1. The first kappa shape index (κ1) is 27.0. The second-order valence-electron chi connectivity index (χ2n) is 8.75. The molecule has 1 unspecified atom stereocenters. The summed E-state index contributed by atoms with van der Waals surface area (Å²) < 4.78 is 24.7. The van der Waals surface area contributed by atoms with Gasteiger partial charge in [0.25, 0.3) is 0 Å². The van der Waals surface area contributed by atoms with Crippen molar-refractivity contribution in [3.8, 4) is 11.3 Å². The van der Waals surface area contributed by atoms with E-state index in [1.54, 1.807) is 45.0 Å². The molecule has 0 aliphatic carbocycles. The van der Waals surface area contributed by atoms with Crippen LogP contribution in [-0.2, 0) is 16.4 Å². The number of nitrogens with one attached hydrogen (secondary N) is 1. The number of rotatable bonds is 10. The molecule has 3 rings (SSSR count). The Kier molecular flexibility index (Phi) is 8.57. The Morgan fingerprint density at radius 2 is 1.72 bits per heavy atom. The Hall–Kier alpha value is -3.60. The Morgan fingerprint density at radius 3 is 2.31 bits per heavy atom. The van der Waals surface area contributed by atoms with Crippen LogP contribution in [0.15, 0.2) is 65.7 Å². The highest BCUT2D eigenvalue weighted by Gasteiger charge is 2.19. The van der Waals surface area contributed by atoms with Gasteiger partial charge in [0.15, 0.2) is 21.3 Å². The SMILES string of the molecule is CC(O)CNCc1ccc(C(N)=CC(=O)c2nc(-c3ccc(S(=O)(=O)C(C)C)cc3)cnc2N)cc1. The van der Waals surface area contributed by atoms with E-state index in [0.717, 1.165) is 5.56 Å². The number of benzene rings is 2. The Morgan fingerprint density at radius 1 is 1.08 bits per heavy atom. The largest absolute Gasteiger partial charge is 0.398 e. The fourth-order valence-electron chi connectivity index (χ4n) is 3.34. The number of allylic oxidation sites excluding steroid dienone is 1. The van der Waals surface area contributed by atoms with Gasteiger partial charge in [-0.3, -0.25) is 4.79 Å². The number of aromatic nitrogens is 2. The van der Waals surface area contributed by atoms with Gasteiger partial charge in [-0.1, -0.05) is 36.4 Å². The first-order valence-corrected chi connectivity index (χ1v) is 13.0. The smallest absolute Gasteiger partial charge is 0.210 e. The van der Waals surface area contributed by atoms with Gasteiger partial charge in [0.1, 0.15) is 0 Å². The number of carbonyl (C=O) groups excluding carboxylic acids is 1. The van der Waals surface area contributed by atoms with E-state index in [0.29, 0.717) is 29.9 Å². The lowest BCUT2D eigenvalue weighted by molar-refractivity contribution is 0.104. The third-order valence-electron chi connectivity index (χ3n) is 5.48. The Labute approximate surface area is 211 Å². The van der Waals surface area contributed by atoms with Gasteiger partial charge in [0.2, 0.25) is 5.78 Å². The van der Waals surface area contributed by atoms with Gasteiger partial charge >= 0.3 is 0 Å². The van der Waals surface area contributed by atoms with Crippen molar-refractivity contribution in [2.24, 2.45) is 5.73 Å². The number of nitrogen functional groups attached to an aromatic ring is 1. The van der Waals surface area contributed by atoms with Crippen molar-refractivity contribution in [3.63, 3.8) is 0 Å². The molecule has 0 radical (unpaired) electrons. The monoisotopic (exact) mass is 509 g/mol. The number of aliphatic hydroxyl groups excluding tert-OH is 1. The van der Waals surface area contributed by atoms with Gasteiger partial charge in [-0.25, -0.2) is 18.4 Å².